The number of likely N-dealkylation sites (tertiary alicyclic amines) is 1. The predicted molar refractivity (Wildman–Crippen MR) is 166 cm³/mol. The van der Waals surface area contributed by atoms with Crippen LogP contribution in [0.2, 0.25) is 0 Å². The Hall–Kier alpha value is -2.75. The van der Waals surface area contributed by atoms with Gasteiger partial charge in [0.15, 0.2) is 0 Å². The third-order valence-corrected chi connectivity index (χ3v) is 9.83. The van der Waals surface area contributed by atoms with Crippen LogP contribution in [0.1, 0.15) is 42.7 Å². The molecule has 210 valence electrons. The number of hydrogen-bond donors (Lipinski definition) is 2. The van der Waals surface area contributed by atoms with Crippen molar-refractivity contribution in [2.45, 2.75) is 68.0 Å². The molecule has 3 aromatic carbocycles. The minimum absolute atomic E-state index is 0.0240. The number of thioether (sulfide) groups is 1. The van der Waals surface area contributed by atoms with Gasteiger partial charge in [-0.1, -0.05) is 54.6 Å². The maximum atomic E-state index is 11.9. The summed E-state index contributed by atoms with van der Waals surface area (Å²) in [4.78, 5) is 15.7. The molecule has 0 spiro atoms. The van der Waals surface area contributed by atoms with Gasteiger partial charge in [-0.15, -0.1) is 23.1 Å². The van der Waals surface area contributed by atoms with Crippen molar-refractivity contribution in [2.75, 3.05) is 13.1 Å². The van der Waals surface area contributed by atoms with Gasteiger partial charge < -0.3 is 10.4 Å². The lowest BCUT2D eigenvalue weighted by Crippen LogP contribution is -2.50. The second-order valence-corrected chi connectivity index (χ2v) is 13.3. The number of thiophene rings is 1. The molecule has 0 bridgehead atoms. The van der Waals surface area contributed by atoms with Crippen LogP contribution in [0.15, 0.2) is 83.1 Å². The smallest absolute Gasteiger partial charge is 0.283 e. The van der Waals surface area contributed by atoms with Crippen LogP contribution in [0.25, 0.3) is 10.8 Å². The molecule has 0 saturated carbocycles. The first kappa shape index (κ1) is 28.8. The van der Waals surface area contributed by atoms with E-state index in [1.54, 1.807) is 17.4 Å². The molecule has 0 radical (unpaired) electrons. The number of fused-ring (bicyclic) bond motifs is 1. The van der Waals surface area contributed by atoms with Gasteiger partial charge in [0, 0.05) is 41.4 Å². The highest BCUT2D eigenvalue weighted by Gasteiger charge is 2.32. The fourth-order valence-corrected chi connectivity index (χ4v) is 7.40. The number of rotatable bonds is 12. The molecule has 1 aromatic heterocycles. The van der Waals surface area contributed by atoms with E-state index in [4.69, 9.17) is 0 Å². The van der Waals surface area contributed by atoms with E-state index in [1.807, 2.05) is 23.6 Å². The third kappa shape index (κ3) is 7.30. The summed E-state index contributed by atoms with van der Waals surface area (Å²) in [5.41, 5.74) is 2.17. The fraction of sp³-hybridized carbons (Fsp3) is 0.375. The standard InChI is InChI=1S/C32H37N3O3S2/c1-32(2,19-23-11-13-25-7-3-4-8-26(25)17-23)33-20-30(36)28-10-5-15-34(28)21-24-12-14-31(29(18-24)35(37)38)40-22-27-9-6-16-39-27/h3-4,6-9,11-14,16-18,28,30,33,36H,5,10,15,19-22H2,1-2H3/t28-,30-/m1/s1. The Morgan fingerprint density at radius 2 is 1.90 bits per heavy atom. The SMILES string of the molecule is CC(C)(Cc1ccc2ccccc2c1)NC[C@@H](O)[C@H]1CCCN1Cc1ccc(SCc2cccs2)c([N+](=O)[O-])c1. The molecule has 2 atom stereocenters. The summed E-state index contributed by atoms with van der Waals surface area (Å²) in [6, 6.07) is 24.7. The molecule has 40 heavy (non-hydrogen) atoms. The van der Waals surface area contributed by atoms with Crippen molar-refractivity contribution in [3.8, 4) is 0 Å². The topological polar surface area (TPSA) is 78.6 Å². The molecule has 2 N–H and O–H groups in total. The van der Waals surface area contributed by atoms with Gasteiger partial charge in [0.05, 0.1) is 15.9 Å². The molecule has 1 aliphatic rings. The number of aliphatic hydroxyl groups is 1. The average Bonchev–Trinajstić information content (AvgIpc) is 3.63. The van der Waals surface area contributed by atoms with Gasteiger partial charge in [-0.3, -0.25) is 15.0 Å². The Morgan fingerprint density at radius 3 is 2.67 bits per heavy atom. The maximum Gasteiger partial charge on any atom is 0.283 e. The number of nitrogens with zero attached hydrogens (tertiary/aromatic N) is 2. The minimum atomic E-state index is -0.519. The van der Waals surface area contributed by atoms with Crippen LogP contribution in [0.5, 0.6) is 0 Å². The minimum Gasteiger partial charge on any atom is -0.390 e. The van der Waals surface area contributed by atoms with Crippen LogP contribution in [-0.4, -0.2) is 45.7 Å². The zero-order valence-corrected chi connectivity index (χ0v) is 24.7. The van der Waals surface area contributed by atoms with Gasteiger partial charge in [0.1, 0.15) is 0 Å². The van der Waals surface area contributed by atoms with E-state index in [-0.39, 0.29) is 22.2 Å². The van der Waals surface area contributed by atoms with Crippen molar-refractivity contribution < 1.29 is 10.0 Å². The lowest BCUT2D eigenvalue weighted by Gasteiger charge is -2.33. The highest BCUT2D eigenvalue weighted by atomic mass is 32.2. The van der Waals surface area contributed by atoms with Gasteiger partial charge in [-0.25, -0.2) is 0 Å². The molecule has 1 aliphatic heterocycles. The van der Waals surface area contributed by atoms with Gasteiger partial charge in [0.25, 0.3) is 5.69 Å². The summed E-state index contributed by atoms with van der Waals surface area (Å²) in [7, 11) is 0. The van der Waals surface area contributed by atoms with Crippen LogP contribution in [0, 0.1) is 10.1 Å². The van der Waals surface area contributed by atoms with E-state index in [1.165, 1.54) is 33.0 Å². The van der Waals surface area contributed by atoms with Gasteiger partial charge >= 0.3 is 0 Å². The Balaban J connectivity index is 1.18. The van der Waals surface area contributed by atoms with Gasteiger partial charge in [-0.2, -0.15) is 0 Å². The summed E-state index contributed by atoms with van der Waals surface area (Å²) in [6.45, 7) is 6.33. The number of aliphatic hydroxyl groups excluding tert-OH is 1. The van der Waals surface area contributed by atoms with E-state index in [2.05, 4.69) is 72.6 Å². The van der Waals surface area contributed by atoms with Crippen LogP contribution >= 0.6 is 23.1 Å². The molecular formula is C32H37N3O3S2. The maximum absolute atomic E-state index is 11.9. The van der Waals surface area contributed by atoms with Crippen molar-refractivity contribution in [3.63, 3.8) is 0 Å². The molecule has 2 heterocycles. The van der Waals surface area contributed by atoms with E-state index >= 15 is 0 Å². The first-order valence-electron chi connectivity index (χ1n) is 13.8. The van der Waals surface area contributed by atoms with E-state index in [9.17, 15) is 15.2 Å². The first-order valence-corrected chi connectivity index (χ1v) is 15.7. The Kier molecular flexibility index (Phi) is 9.23. The number of nitro groups is 1. The summed E-state index contributed by atoms with van der Waals surface area (Å²) in [5.74, 6) is 0.725. The second kappa shape index (κ2) is 12.8. The van der Waals surface area contributed by atoms with Gasteiger partial charge in [-0.05, 0) is 79.1 Å². The Morgan fingerprint density at radius 1 is 1.10 bits per heavy atom. The van der Waals surface area contributed by atoms with E-state index in [0.717, 1.165) is 37.1 Å². The molecular weight excluding hydrogens is 539 g/mol. The number of nitrogens with one attached hydrogen (secondary N) is 1. The molecule has 1 fully saturated rings. The van der Waals surface area contributed by atoms with E-state index in [0.29, 0.717) is 18.0 Å². The Bertz CT molecular complexity index is 1440. The normalized spacial score (nSPS) is 16.9. The van der Waals surface area contributed by atoms with Crippen LogP contribution in [-0.2, 0) is 18.7 Å². The van der Waals surface area contributed by atoms with Crippen molar-refractivity contribution in [3.05, 3.63) is 104 Å². The molecule has 0 unspecified atom stereocenters. The third-order valence-electron chi connectivity index (χ3n) is 7.66. The molecule has 8 heteroatoms. The summed E-state index contributed by atoms with van der Waals surface area (Å²) in [5, 5.41) is 31.2. The summed E-state index contributed by atoms with van der Waals surface area (Å²) in [6.07, 6.45) is 2.28. The molecule has 6 nitrogen and oxygen atoms in total. The van der Waals surface area contributed by atoms with Crippen molar-refractivity contribution >= 4 is 39.6 Å². The number of benzene rings is 3. The average molecular weight is 576 g/mol. The van der Waals surface area contributed by atoms with Crippen LogP contribution in [0.3, 0.4) is 0 Å². The number of hydrogen-bond acceptors (Lipinski definition) is 7. The Labute approximate surface area is 244 Å². The quantitative estimate of drug-likeness (QED) is 0.107. The van der Waals surface area contributed by atoms with E-state index < -0.39 is 6.10 Å². The molecule has 0 amide bonds. The largest absolute Gasteiger partial charge is 0.390 e. The number of nitro benzene ring substituents is 1. The van der Waals surface area contributed by atoms with Crippen molar-refractivity contribution in [1.82, 2.24) is 10.2 Å². The van der Waals surface area contributed by atoms with Crippen molar-refractivity contribution in [2.24, 2.45) is 0 Å². The fourth-order valence-electron chi connectivity index (χ4n) is 5.63. The van der Waals surface area contributed by atoms with Crippen molar-refractivity contribution in [1.29, 1.82) is 0 Å². The summed E-state index contributed by atoms with van der Waals surface area (Å²) < 4.78 is 0. The summed E-state index contributed by atoms with van der Waals surface area (Å²) >= 11 is 3.17. The monoisotopic (exact) mass is 575 g/mol. The van der Waals surface area contributed by atoms with Crippen LogP contribution < -0.4 is 5.32 Å². The lowest BCUT2D eigenvalue weighted by atomic mass is 9.93. The van der Waals surface area contributed by atoms with Gasteiger partial charge in [0.2, 0.25) is 0 Å². The molecule has 0 aliphatic carbocycles. The zero-order valence-electron chi connectivity index (χ0n) is 23.1. The zero-order chi connectivity index (χ0) is 28.1. The molecule has 1 saturated heterocycles. The lowest BCUT2D eigenvalue weighted by molar-refractivity contribution is -0.387. The number of β-amino-alcohol motifs (C(OH)–C–C–N with tert-alkyl or cyclic N) is 1. The second-order valence-electron chi connectivity index (χ2n) is 11.3. The highest BCUT2D eigenvalue weighted by molar-refractivity contribution is 7.98. The van der Waals surface area contributed by atoms with Crippen LogP contribution in [0.4, 0.5) is 5.69 Å². The molecule has 5 rings (SSSR count). The predicted octanol–water partition coefficient (Wildman–Crippen LogP) is 7.04. The highest BCUT2D eigenvalue weighted by Crippen LogP contribution is 2.34. The first-order chi connectivity index (χ1) is 19.3. The molecule has 4 aromatic rings.